The number of nitrogens with one attached hydrogen (secondary N) is 1. The van der Waals surface area contributed by atoms with Crippen molar-refractivity contribution in [2.24, 2.45) is 0 Å². The van der Waals surface area contributed by atoms with Gasteiger partial charge in [0.25, 0.3) is 0 Å². The van der Waals surface area contributed by atoms with Crippen LogP contribution in [0.4, 0.5) is 4.39 Å². The van der Waals surface area contributed by atoms with E-state index < -0.39 is 15.9 Å². The number of nitrogens with zero attached hydrogens (tertiary/aromatic N) is 1. The predicted octanol–water partition coefficient (Wildman–Crippen LogP) is 2.82. The zero-order chi connectivity index (χ0) is 15.1. The summed E-state index contributed by atoms with van der Waals surface area (Å²) < 4.78 is 41.2. The van der Waals surface area contributed by atoms with Crippen molar-refractivity contribution < 1.29 is 17.0 Å². The zero-order valence-electron chi connectivity index (χ0n) is 11.0. The number of rotatable bonds is 3. The molecular weight excluding hydrogens is 307 g/mol. The van der Waals surface area contributed by atoms with E-state index in [9.17, 15) is 12.8 Å². The van der Waals surface area contributed by atoms with Gasteiger partial charge < -0.3 is 4.18 Å². The zero-order valence-corrected chi connectivity index (χ0v) is 12.6. The molecule has 0 bridgehead atoms. The lowest BCUT2D eigenvalue weighted by atomic mass is 10.0. The van der Waals surface area contributed by atoms with Gasteiger partial charge in [0, 0.05) is 16.8 Å². The van der Waals surface area contributed by atoms with Crippen LogP contribution in [0, 0.1) is 19.7 Å². The van der Waals surface area contributed by atoms with Gasteiger partial charge in [-0.1, -0.05) is 11.6 Å². The second-order valence-electron chi connectivity index (χ2n) is 4.36. The maximum Gasteiger partial charge on any atom is 0.306 e. The molecule has 2 aromatic rings. The first-order valence-corrected chi connectivity index (χ1v) is 7.79. The molecule has 20 heavy (non-hydrogen) atoms. The number of aromatic amines is 1. The molecular formula is C12H12ClFN2O3S. The summed E-state index contributed by atoms with van der Waals surface area (Å²) in [5, 5.41) is 6.60. The molecule has 0 atom stereocenters. The Morgan fingerprint density at radius 3 is 2.50 bits per heavy atom. The van der Waals surface area contributed by atoms with Crippen molar-refractivity contribution in [2.45, 2.75) is 13.8 Å². The van der Waals surface area contributed by atoms with Crippen molar-refractivity contribution in [3.63, 3.8) is 0 Å². The molecule has 0 radical (unpaired) electrons. The van der Waals surface area contributed by atoms with E-state index in [-0.39, 0.29) is 16.3 Å². The monoisotopic (exact) mass is 318 g/mol. The number of hydrogen-bond donors (Lipinski definition) is 1. The fraction of sp³-hybridized carbons (Fsp3) is 0.250. The Hall–Kier alpha value is -1.60. The van der Waals surface area contributed by atoms with Crippen LogP contribution in [0.5, 0.6) is 5.75 Å². The summed E-state index contributed by atoms with van der Waals surface area (Å²) in [5.41, 5.74) is 1.98. The summed E-state index contributed by atoms with van der Waals surface area (Å²) in [6.07, 6.45) is 0.890. The highest BCUT2D eigenvalue weighted by Crippen LogP contribution is 2.35. The van der Waals surface area contributed by atoms with Crippen LogP contribution in [0.15, 0.2) is 12.1 Å². The van der Waals surface area contributed by atoms with Gasteiger partial charge in [-0.2, -0.15) is 13.5 Å². The molecule has 0 aliphatic carbocycles. The van der Waals surface area contributed by atoms with Gasteiger partial charge in [0.05, 0.1) is 17.0 Å². The van der Waals surface area contributed by atoms with E-state index in [1.54, 1.807) is 13.8 Å². The van der Waals surface area contributed by atoms with Crippen LogP contribution in [0.3, 0.4) is 0 Å². The second-order valence-corrected chi connectivity index (χ2v) is 6.34. The SMILES string of the molecule is Cc1n[nH]c(C)c1-c1cc(OS(C)(=O)=O)c(Cl)cc1F. The average Bonchev–Trinajstić information content (AvgIpc) is 2.61. The highest BCUT2D eigenvalue weighted by molar-refractivity contribution is 7.86. The minimum Gasteiger partial charge on any atom is -0.381 e. The van der Waals surface area contributed by atoms with Gasteiger partial charge in [0.15, 0.2) is 5.75 Å². The Balaban J connectivity index is 2.63. The summed E-state index contributed by atoms with van der Waals surface area (Å²) >= 11 is 5.80. The molecule has 0 aliphatic rings. The van der Waals surface area contributed by atoms with Crippen LogP contribution < -0.4 is 4.18 Å². The molecule has 108 valence electrons. The van der Waals surface area contributed by atoms with Crippen LogP contribution in [-0.2, 0) is 10.1 Å². The molecule has 5 nitrogen and oxygen atoms in total. The Morgan fingerprint density at radius 1 is 1.35 bits per heavy atom. The Morgan fingerprint density at radius 2 is 2.00 bits per heavy atom. The first-order valence-electron chi connectivity index (χ1n) is 5.59. The summed E-state index contributed by atoms with van der Waals surface area (Å²) in [7, 11) is -3.75. The van der Waals surface area contributed by atoms with E-state index in [1.807, 2.05) is 0 Å². The first-order chi connectivity index (χ1) is 9.19. The maximum absolute atomic E-state index is 14.1. The maximum atomic E-state index is 14.1. The molecule has 2 rings (SSSR count). The standard InChI is InChI=1S/C12H12ClFN2O3S/c1-6-12(7(2)16-15-6)8-4-11(19-20(3,17)18)9(13)5-10(8)14/h4-5H,1-3H3,(H,15,16). The molecule has 1 heterocycles. The van der Waals surface area contributed by atoms with Gasteiger partial charge in [-0.3, -0.25) is 5.10 Å². The third-order valence-corrected chi connectivity index (χ3v) is 3.44. The van der Waals surface area contributed by atoms with E-state index in [1.165, 1.54) is 6.07 Å². The Kier molecular flexibility index (Phi) is 3.75. The molecule has 8 heteroatoms. The number of benzene rings is 1. The van der Waals surface area contributed by atoms with Gasteiger partial charge in [-0.25, -0.2) is 4.39 Å². The van der Waals surface area contributed by atoms with Gasteiger partial charge in [0.1, 0.15) is 5.82 Å². The second kappa shape index (κ2) is 5.06. The van der Waals surface area contributed by atoms with Crippen molar-refractivity contribution in [3.8, 4) is 16.9 Å². The van der Waals surface area contributed by atoms with Crippen LogP contribution in [0.1, 0.15) is 11.4 Å². The molecule has 0 amide bonds. The van der Waals surface area contributed by atoms with E-state index in [0.717, 1.165) is 12.3 Å². The molecule has 0 aliphatic heterocycles. The van der Waals surface area contributed by atoms with E-state index in [0.29, 0.717) is 17.0 Å². The third kappa shape index (κ3) is 2.94. The molecule has 0 fully saturated rings. The van der Waals surface area contributed by atoms with E-state index in [4.69, 9.17) is 15.8 Å². The molecule has 1 aromatic carbocycles. The minimum atomic E-state index is -3.75. The van der Waals surface area contributed by atoms with Gasteiger partial charge >= 0.3 is 10.1 Å². The Labute approximate surface area is 120 Å². The number of aryl methyl sites for hydroxylation is 2. The van der Waals surface area contributed by atoms with Gasteiger partial charge in [-0.15, -0.1) is 0 Å². The largest absolute Gasteiger partial charge is 0.381 e. The molecule has 1 N–H and O–H groups in total. The lowest BCUT2D eigenvalue weighted by Crippen LogP contribution is -2.06. The third-order valence-electron chi connectivity index (χ3n) is 2.66. The van der Waals surface area contributed by atoms with Crippen molar-refractivity contribution in [1.82, 2.24) is 10.2 Å². The lowest BCUT2D eigenvalue weighted by molar-refractivity contribution is 0.492. The number of halogens is 2. The van der Waals surface area contributed by atoms with Crippen molar-refractivity contribution in [1.29, 1.82) is 0 Å². The highest BCUT2D eigenvalue weighted by atomic mass is 35.5. The van der Waals surface area contributed by atoms with Crippen LogP contribution >= 0.6 is 11.6 Å². The number of hydrogen-bond acceptors (Lipinski definition) is 4. The molecule has 0 saturated heterocycles. The fourth-order valence-electron chi connectivity index (χ4n) is 1.90. The van der Waals surface area contributed by atoms with E-state index in [2.05, 4.69) is 10.2 Å². The predicted molar refractivity (Wildman–Crippen MR) is 73.9 cm³/mol. The first kappa shape index (κ1) is 14.8. The number of aromatic nitrogens is 2. The summed E-state index contributed by atoms with van der Waals surface area (Å²) in [4.78, 5) is 0. The van der Waals surface area contributed by atoms with Crippen LogP contribution in [0.25, 0.3) is 11.1 Å². The van der Waals surface area contributed by atoms with Crippen molar-refractivity contribution in [2.75, 3.05) is 6.26 Å². The van der Waals surface area contributed by atoms with Gasteiger partial charge in [0.2, 0.25) is 0 Å². The molecule has 0 spiro atoms. The summed E-state index contributed by atoms with van der Waals surface area (Å²) in [6, 6.07) is 2.27. The lowest BCUT2D eigenvalue weighted by Gasteiger charge is -2.09. The smallest absolute Gasteiger partial charge is 0.306 e. The summed E-state index contributed by atoms with van der Waals surface area (Å²) in [5.74, 6) is -0.700. The Bertz CT molecular complexity index is 752. The van der Waals surface area contributed by atoms with E-state index >= 15 is 0 Å². The van der Waals surface area contributed by atoms with Crippen molar-refractivity contribution >= 4 is 21.7 Å². The van der Waals surface area contributed by atoms with Gasteiger partial charge in [-0.05, 0) is 26.0 Å². The quantitative estimate of drug-likeness (QED) is 0.883. The number of H-pyrrole nitrogens is 1. The topological polar surface area (TPSA) is 72.0 Å². The normalized spacial score (nSPS) is 11.7. The minimum absolute atomic E-state index is 0.115. The highest BCUT2D eigenvalue weighted by Gasteiger charge is 2.18. The van der Waals surface area contributed by atoms with Crippen molar-refractivity contribution in [3.05, 3.63) is 34.4 Å². The molecule has 0 saturated carbocycles. The fourth-order valence-corrected chi connectivity index (χ4v) is 2.59. The molecule has 0 unspecified atom stereocenters. The molecule has 1 aromatic heterocycles. The average molecular weight is 319 g/mol. The van der Waals surface area contributed by atoms with Crippen LogP contribution in [-0.4, -0.2) is 24.9 Å². The summed E-state index contributed by atoms with van der Waals surface area (Å²) in [6.45, 7) is 3.45. The van der Waals surface area contributed by atoms with Crippen LogP contribution in [0.2, 0.25) is 5.02 Å².